The molecule has 0 spiro atoms. The second-order valence-electron chi connectivity index (χ2n) is 9.96. The van der Waals surface area contributed by atoms with E-state index in [0.717, 1.165) is 28.4 Å². The van der Waals surface area contributed by atoms with E-state index in [9.17, 15) is 0 Å². The first-order valence-electron chi connectivity index (χ1n) is 13.4. The van der Waals surface area contributed by atoms with Gasteiger partial charge in [0.2, 0.25) is 0 Å². The number of methoxy groups -OCH3 is 3. The molecule has 0 aliphatic carbocycles. The molecule has 40 heavy (non-hydrogen) atoms. The van der Waals surface area contributed by atoms with Gasteiger partial charge < -0.3 is 14.2 Å². The van der Waals surface area contributed by atoms with Crippen molar-refractivity contribution in [3.05, 3.63) is 115 Å². The fourth-order valence-electron chi connectivity index (χ4n) is 6.12. The van der Waals surface area contributed by atoms with Crippen LogP contribution >= 0.6 is 0 Å². The van der Waals surface area contributed by atoms with Crippen LogP contribution in [0.4, 0.5) is 0 Å². The molecule has 0 aromatic heterocycles. The van der Waals surface area contributed by atoms with E-state index in [0.29, 0.717) is 0 Å². The van der Waals surface area contributed by atoms with Gasteiger partial charge in [-0.2, -0.15) is 0 Å². The van der Waals surface area contributed by atoms with E-state index in [1.807, 2.05) is 24.3 Å². The molecule has 3 nitrogen and oxygen atoms in total. The molecule has 194 valence electrons. The van der Waals surface area contributed by atoms with E-state index in [2.05, 4.69) is 91.0 Å². The van der Waals surface area contributed by atoms with Crippen molar-refractivity contribution in [2.24, 2.45) is 0 Å². The smallest absolute Gasteiger partial charge is 0.119 e. The monoisotopic (exact) mass is 520 g/mol. The van der Waals surface area contributed by atoms with Gasteiger partial charge in [-0.05, 0) is 102 Å². The van der Waals surface area contributed by atoms with Crippen molar-refractivity contribution in [2.75, 3.05) is 21.3 Å². The van der Waals surface area contributed by atoms with Crippen LogP contribution in [0.5, 0.6) is 17.2 Å². The average molecular weight is 521 g/mol. The van der Waals surface area contributed by atoms with Crippen molar-refractivity contribution in [3.8, 4) is 39.5 Å². The van der Waals surface area contributed by atoms with Gasteiger partial charge in [-0.3, -0.25) is 0 Å². The van der Waals surface area contributed by atoms with E-state index in [1.54, 1.807) is 21.3 Å². The molecule has 7 aromatic carbocycles. The van der Waals surface area contributed by atoms with Crippen LogP contribution < -0.4 is 14.2 Å². The van der Waals surface area contributed by atoms with E-state index in [4.69, 9.17) is 14.2 Å². The summed E-state index contributed by atoms with van der Waals surface area (Å²) in [6.07, 6.45) is 0. The van der Waals surface area contributed by atoms with Crippen molar-refractivity contribution in [1.29, 1.82) is 0 Å². The fourth-order valence-corrected chi connectivity index (χ4v) is 6.12. The Kier molecular flexibility index (Phi) is 5.78. The summed E-state index contributed by atoms with van der Waals surface area (Å²) in [5.41, 5.74) is 4.64. The molecule has 0 saturated carbocycles. The molecule has 0 fully saturated rings. The minimum absolute atomic E-state index is 0.831. The van der Waals surface area contributed by atoms with Gasteiger partial charge in [-0.25, -0.2) is 0 Å². The number of fused-ring (bicyclic) bond motifs is 8. The molecular formula is C37H28O3. The molecule has 0 N–H and O–H groups in total. The molecule has 0 bridgehead atoms. The number of rotatable bonds is 5. The molecule has 0 unspecified atom stereocenters. The molecule has 0 amide bonds. The highest BCUT2D eigenvalue weighted by Gasteiger charge is 2.22. The summed E-state index contributed by atoms with van der Waals surface area (Å²) in [5, 5.41) is 9.73. The van der Waals surface area contributed by atoms with Crippen molar-refractivity contribution in [3.63, 3.8) is 0 Å². The van der Waals surface area contributed by atoms with Gasteiger partial charge in [0.05, 0.1) is 21.3 Å². The number of ether oxygens (including phenoxy) is 3. The summed E-state index contributed by atoms with van der Waals surface area (Å²) in [6.45, 7) is 0. The van der Waals surface area contributed by atoms with Gasteiger partial charge >= 0.3 is 0 Å². The highest BCUT2D eigenvalue weighted by molar-refractivity contribution is 6.37. The Labute approximate surface area is 233 Å². The molecule has 0 saturated heterocycles. The minimum atomic E-state index is 0.831. The maximum absolute atomic E-state index is 5.76. The Morgan fingerprint density at radius 3 is 1.32 bits per heavy atom. The normalized spacial score (nSPS) is 11.4. The summed E-state index contributed by atoms with van der Waals surface area (Å²) in [4.78, 5) is 0. The first-order valence-corrected chi connectivity index (χ1v) is 13.4. The standard InChI is InChI=1S/C37H28O3/c1-38-25-16-12-23(13-17-25)34-32-21-20-27(40-3)22-33(32)36-30-10-6-4-8-28(30)29-9-5-7-11-31(29)37(36)35(34)24-14-18-26(39-2)19-15-24/h4-22H,1-3H3. The van der Waals surface area contributed by atoms with Crippen molar-refractivity contribution < 1.29 is 14.2 Å². The maximum atomic E-state index is 5.76. The molecule has 7 aromatic rings. The van der Waals surface area contributed by atoms with Gasteiger partial charge in [0.15, 0.2) is 0 Å². The van der Waals surface area contributed by atoms with Crippen LogP contribution in [0.15, 0.2) is 115 Å². The summed E-state index contributed by atoms with van der Waals surface area (Å²) < 4.78 is 16.8. The Morgan fingerprint density at radius 2 is 0.800 bits per heavy atom. The summed E-state index contributed by atoms with van der Waals surface area (Å²) >= 11 is 0. The predicted octanol–water partition coefficient (Wildman–Crippen LogP) is 9.66. The van der Waals surface area contributed by atoms with Crippen LogP contribution in [-0.4, -0.2) is 21.3 Å². The van der Waals surface area contributed by atoms with Crippen molar-refractivity contribution >= 4 is 43.1 Å². The van der Waals surface area contributed by atoms with Crippen LogP contribution in [-0.2, 0) is 0 Å². The third-order valence-electron chi connectivity index (χ3n) is 7.96. The predicted molar refractivity (Wildman–Crippen MR) is 167 cm³/mol. The minimum Gasteiger partial charge on any atom is -0.497 e. The average Bonchev–Trinajstić information content (AvgIpc) is 3.03. The zero-order valence-corrected chi connectivity index (χ0v) is 22.7. The zero-order chi connectivity index (χ0) is 27.2. The Bertz CT molecular complexity index is 2040. The molecule has 0 radical (unpaired) electrons. The van der Waals surface area contributed by atoms with Crippen LogP contribution in [0.3, 0.4) is 0 Å². The van der Waals surface area contributed by atoms with Gasteiger partial charge in [0.1, 0.15) is 17.2 Å². The highest BCUT2D eigenvalue weighted by Crippen LogP contribution is 2.50. The lowest BCUT2D eigenvalue weighted by molar-refractivity contribution is 0.414. The third kappa shape index (κ3) is 3.66. The highest BCUT2D eigenvalue weighted by atomic mass is 16.5. The molecule has 0 aliphatic heterocycles. The largest absolute Gasteiger partial charge is 0.497 e. The van der Waals surface area contributed by atoms with Crippen molar-refractivity contribution in [1.82, 2.24) is 0 Å². The second kappa shape index (κ2) is 9.62. The summed E-state index contributed by atoms with van der Waals surface area (Å²) in [6, 6.07) is 40.7. The Balaban J connectivity index is 1.80. The summed E-state index contributed by atoms with van der Waals surface area (Å²) in [5.74, 6) is 2.50. The molecule has 3 heteroatoms. The maximum Gasteiger partial charge on any atom is 0.119 e. The molecule has 0 heterocycles. The van der Waals surface area contributed by atoms with Gasteiger partial charge in [-0.1, -0.05) is 78.9 Å². The zero-order valence-electron chi connectivity index (χ0n) is 22.7. The Morgan fingerprint density at radius 1 is 0.350 bits per heavy atom. The lowest BCUT2D eigenvalue weighted by Gasteiger charge is -2.22. The van der Waals surface area contributed by atoms with Crippen molar-refractivity contribution in [2.45, 2.75) is 0 Å². The topological polar surface area (TPSA) is 27.7 Å². The van der Waals surface area contributed by atoms with E-state index >= 15 is 0 Å². The fraction of sp³-hybridized carbons (Fsp3) is 0.0811. The second-order valence-corrected chi connectivity index (χ2v) is 9.96. The van der Waals surface area contributed by atoms with Crippen LogP contribution in [0.2, 0.25) is 0 Å². The lowest BCUT2D eigenvalue weighted by Crippen LogP contribution is -1.95. The van der Waals surface area contributed by atoms with E-state index in [-0.39, 0.29) is 0 Å². The number of hydrogen-bond acceptors (Lipinski definition) is 3. The first kappa shape index (κ1) is 24.1. The first-order chi connectivity index (χ1) is 19.7. The van der Waals surface area contributed by atoms with Crippen LogP contribution in [0.1, 0.15) is 0 Å². The molecule has 0 aliphatic rings. The summed E-state index contributed by atoms with van der Waals surface area (Å²) in [7, 11) is 5.13. The SMILES string of the molecule is COc1ccc(-c2c(-c3ccc(OC)cc3)c3c4ccccc4c4ccccc4c3c3cc(OC)ccc23)cc1. The Hall–Kier alpha value is -5.02. The number of benzene rings is 7. The van der Waals surface area contributed by atoms with Crippen LogP contribution in [0, 0.1) is 0 Å². The van der Waals surface area contributed by atoms with E-state index < -0.39 is 0 Å². The van der Waals surface area contributed by atoms with Crippen LogP contribution in [0.25, 0.3) is 65.3 Å². The van der Waals surface area contributed by atoms with Gasteiger partial charge in [0.25, 0.3) is 0 Å². The third-order valence-corrected chi connectivity index (χ3v) is 7.96. The molecule has 0 atom stereocenters. The molecular weight excluding hydrogens is 492 g/mol. The van der Waals surface area contributed by atoms with E-state index in [1.165, 1.54) is 54.2 Å². The van der Waals surface area contributed by atoms with Gasteiger partial charge in [0, 0.05) is 0 Å². The quantitative estimate of drug-likeness (QED) is 0.211. The molecule has 7 rings (SSSR count). The lowest BCUT2D eigenvalue weighted by atomic mass is 9.81. The van der Waals surface area contributed by atoms with Gasteiger partial charge in [-0.15, -0.1) is 0 Å². The number of hydrogen-bond donors (Lipinski definition) is 0.